The van der Waals surface area contributed by atoms with E-state index in [4.69, 9.17) is 0 Å². The molecule has 146 valence electrons. The van der Waals surface area contributed by atoms with E-state index in [2.05, 4.69) is 58.1 Å². The zero-order valence-electron chi connectivity index (χ0n) is 17.6. The summed E-state index contributed by atoms with van der Waals surface area (Å²) < 4.78 is 0. The van der Waals surface area contributed by atoms with Crippen molar-refractivity contribution in [3.8, 4) is 0 Å². The van der Waals surface area contributed by atoms with Crippen LogP contribution in [0.3, 0.4) is 0 Å². The third-order valence-corrected chi connectivity index (χ3v) is 5.24. The average Bonchev–Trinajstić information content (AvgIpc) is 2.62. The summed E-state index contributed by atoms with van der Waals surface area (Å²) in [4.78, 5) is 0. The van der Waals surface area contributed by atoms with Gasteiger partial charge in [0.05, 0.1) is 6.10 Å². The molecule has 0 aromatic heterocycles. The smallest absolute Gasteiger partial charge is 0.0543 e. The minimum atomic E-state index is -0.150. The molecule has 0 aliphatic carbocycles. The van der Waals surface area contributed by atoms with E-state index in [1.165, 1.54) is 37.7 Å². The fourth-order valence-electron chi connectivity index (χ4n) is 3.39. The zero-order valence-corrected chi connectivity index (χ0v) is 17.6. The first kappa shape index (κ1) is 24.2. The van der Waals surface area contributed by atoms with Crippen molar-refractivity contribution in [1.82, 2.24) is 0 Å². The number of unbranched alkanes of at least 4 members (excludes halogenated alkanes) is 1. The van der Waals surface area contributed by atoms with Crippen molar-refractivity contribution < 1.29 is 5.11 Å². The van der Waals surface area contributed by atoms with Gasteiger partial charge >= 0.3 is 0 Å². The highest BCUT2D eigenvalue weighted by molar-refractivity contribution is 5.11. The van der Waals surface area contributed by atoms with Gasteiger partial charge in [0.1, 0.15) is 0 Å². The maximum absolute atomic E-state index is 10.4. The molecule has 0 radical (unpaired) electrons. The Kier molecular flexibility index (Phi) is 16.1. The van der Waals surface area contributed by atoms with Crippen molar-refractivity contribution in [2.75, 3.05) is 0 Å². The predicted molar refractivity (Wildman–Crippen MR) is 114 cm³/mol. The molecule has 0 saturated heterocycles. The first-order chi connectivity index (χ1) is 12.1. The largest absolute Gasteiger partial charge is 0.393 e. The lowest BCUT2D eigenvalue weighted by Gasteiger charge is -2.24. The van der Waals surface area contributed by atoms with Crippen molar-refractivity contribution in [3.05, 3.63) is 36.0 Å². The molecular weight excluding hydrogens is 304 g/mol. The van der Waals surface area contributed by atoms with Crippen LogP contribution in [-0.2, 0) is 0 Å². The van der Waals surface area contributed by atoms with Crippen LogP contribution in [0.25, 0.3) is 0 Å². The monoisotopic (exact) mass is 348 g/mol. The molecule has 0 unspecified atom stereocenters. The molecule has 0 saturated carbocycles. The van der Waals surface area contributed by atoms with Gasteiger partial charge < -0.3 is 5.11 Å². The summed E-state index contributed by atoms with van der Waals surface area (Å²) >= 11 is 0. The Morgan fingerprint density at radius 1 is 0.960 bits per heavy atom. The molecule has 0 spiro atoms. The van der Waals surface area contributed by atoms with Gasteiger partial charge in [-0.15, -0.1) is 0 Å². The van der Waals surface area contributed by atoms with Gasteiger partial charge in [-0.1, -0.05) is 82.9 Å². The van der Waals surface area contributed by atoms with E-state index in [0.717, 1.165) is 43.9 Å². The van der Waals surface area contributed by atoms with Crippen LogP contribution in [0.2, 0.25) is 0 Å². The lowest BCUT2D eigenvalue weighted by molar-refractivity contribution is 0.137. The van der Waals surface area contributed by atoms with Gasteiger partial charge in [0.2, 0.25) is 0 Å². The van der Waals surface area contributed by atoms with Gasteiger partial charge in [-0.05, 0) is 63.7 Å². The third kappa shape index (κ3) is 13.1. The second kappa shape index (κ2) is 16.6. The lowest BCUT2D eigenvalue weighted by atomic mass is 9.83. The number of aliphatic hydroxyl groups excluding tert-OH is 1. The average molecular weight is 349 g/mol. The summed E-state index contributed by atoms with van der Waals surface area (Å²) in [7, 11) is 0. The highest BCUT2D eigenvalue weighted by Gasteiger charge is 2.17. The van der Waals surface area contributed by atoms with Crippen molar-refractivity contribution >= 4 is 0 Å². The topological polar surface area (TPSA) is 20.2 Å². The van der Waals surface area contributed by atoms with Crippen LogP contribution in [0, 0.1) is 11.8 Å². The van der Waals surface area contributed by atoms with Crippen LogP contribution in [0.4, 0.5) is 0 Å². The van der Waals surface area contributed by atoms with Gasteiger partial charge in [0.25, 0.3) is 0 Å². The molecule has 1 heteroatoms. The van der Waals surface area contributed by atoms with Crippen LogP contribution >= 0.6 is 0 Å². The summed E-state index contributed by atoms with van der Waals surface area (Å²) in [5.41, 5.74) is 1.44. The Labute approximate surface area is 158 Å². The van der Waals surface area contributed by atoms with Crippen LogP contribution in [0.15, 0.2) is 36.0 Å². The SMILES string of the molecule is C/C=C\C=C(/CC)CC[C@H](O)CC[C@@H](CCC)[C@H](C)C/C=C\CCC. The van der Waals surface area contributed by atoms with Gasteiger partial charge in [-0.3, -0.25) is 0 Å². The number of hydrogen-bond donors (Lipinski definition) is 1. The van der Waals surface area contributed by atoms with E-state index in [0.29, 0.717) is 0 Å². The number of hydrogen-bond acceptors (Lipinski definition) is 1. The van der Waals surface area contributed by atoms with Gasteiger partial charge in [0.15, 0.2) is 0 Å². The Morgan fingerprint density at radius 3 is 2.32 bits per heavy atom. The standard InChI is InChI=1S/C24H44O/c1-6-10-12-13-15-21(5)23(14-8-3)18-20-24(25)19-17-22(9-4)16-11-7-2/h7,11-13,16,21,23-25H,6,8-10,14-15,17-20H2,1-5H3/b11-7-,13-12-,22-16+/t21-,23-,24+/m1/s1. The molecule has 0 aromatic rings. The molecule has 0 fully saturated rings. The molecular formula is C24H44O. The Hall–Kier alpha value is -0.820. The number of rotatable bonds is 15. The second-order valence-electron chi connectivity index (χ2n) is 7.50. The van der Waals surface area contributed by atoms with Gasteiger partial charge in [0, 0.05) is 0 Å². The summed E-state index contributed by atoms with van der Waals surface area (Å²) in [5.74, 6) is 1.47. The Morgan fingerprint density at radius 2 is 1.72 bits per heavy atom. The number of allylic oxidation sites excluding steroid dienone is 6. The Bertz CT molecular complexity index is 378. The summed E-state index contributed by atoms with van der Waals surface area (Å²) in [6, 6.07) is 0. The van der Waals surface area contributed by atoms with Crippen LogP contribution in [0.1, 0.15) is 98.8 Å². The van der Waals surface area contributed by atoms with E-state index in [9.17, 15) is 5.11 Å². The third-order valence-electron chi connectivity index (χ3n) is 5.24. The van der Waals surface area contributed by atoms with Gasteiger partial charge in [-0.25, -0.2) is 0 Å². The fourth-order valence-corrected chi connectivity index (χ4v) is 3.39. The molecule has 0 amide bonds. The molecule has 0 aliphatic heterocycles. The quantitative estimate of drug-likeness (QED) is 0.238. The second-order valence-corrected chi connectivity index (χ2v) is 7.50. The normalized spacial score (nSPS) is 16.6. The molecule has 0 heterocycles. The number of aliphatic hydroxyl groups is 1. The molecule has 25 heavy (non-hydrogen) atoms. The van der Waals surface area contributed by atoms with Crippen molar-refractivity contribution in [3.63, 3.8) is 0 Å². The van der Waals surface area contributed by atoms with E-state index >= 15 is 0 Å². The van der Waals surface area contributed by atoms with Crippen molar-refractivity contribution in [2.45, 2.75) is 105 Å². The van der Waals surface area contributed by atoms with Crippen molar-refractivity contribution in [2.24, 2.45) is 11.8 Å². The highest BCUT2D eigenvalue weighted by atomic mass is 16.3. The molecule has 0 bridgehead atoms. The summed E-state index contributed by atoms with van der Waals surface area (Å²) in [5, 5.41) is 10.4. The summed E-state index contributed by atoms with van der Waals surface area (Å²) in [6.07, 6.45) is 22.2. The minimum Gasteiger partial charge on any atom is -0.393 e. The first-order valence-electron chi connectivity index (χ1n) is 10.7. The molecule has 1 nitrogen and oxygen atoms in total. The molecule has 0 rings (SSSR count). The molecule has 0 aliphatic rings. The van der Waals surface area contributed by atoms with E-state index in [-0.39, 0.29) is 6.10 Å². The minimum absolute atomic E-state index is 0.150. The van der Waals surface area contributed by atoms with Crippen LogP contribution in [-0.4, -0.2) is 11.2 Å². The highest BCUT2D eigenvalue weighted by Crippen LogP contribution is 2.27. The molecule has 3 atom stereocenters. The van der Waals surface area contributed by atoms with Gasteiger partial charge in [-0.2, -0.15) is 0 Å². The van der Waals surface area contributed by atoms with E-state index in [1.54, 1.807) is 0 Å². The fraction of sp³-hybridized carbons (Fsp3) is 0.750. The lowest BCUT2D eigenvalue weighted by Crippen LogP contribution is -2.15. The van der Waals surface area contributed by atoms with E-state index < -0.39 is 0 Å². The zero-order chi connectivity index (χ0) is 18.9. The van der Waals surface area contributed by atoms with Crippen molar-refractivity contribution in [1.29, 1.82) is 0 Å². The first-order valence-corrected chi connectivity index (χ1v) is 10.7. The summed E-state index contributed by atoms with van der Waals surface area (Å²) in [6.45, 7) is 11.1. The Balaban J connectivity index is 4.30. The maximum Gasteiger partial charge on any atom is 0.0543 e. The maximum atomic E-state index is 10.4. The van der Waals surface area contributed by atoms with Crippen LogP contribution < -0.4 is 0 Å². The van der Waals surface area contributed by atoms with Crippen LogP contribution in [0.5, 0.6) is 0 Å². The molecule has 0 aromatic carbocycles. The van der Waals surface area contributed by atoms with E-state index in [1.807, 2.05) is 6.92 Å². The predicted octanol–water partition coefficient (Wildman–Crippen LogP) is 7.62. The molecule has 1 N–H and O–H groups in total.